The summed E-state index contributed by atoms with van der Waals surface area (Å²) in [7, 11) is 0. The second-order valence-electron chi connectivity index (χ2n) is 7.09. The molecule has 0 bridgehead atoms. The van der Waals surface area contributed by atoms with Gasteiger partial charge in [-0.25, -0.2) is 4.79 Å². The molecule has 2 heterocycles. The maximum absolute atomic E-state index is 13.1. The number of anilines is 1. The second kappa shape index (κ2) is 6.90. The Bertz CT molecular complexity index is 834. The molecular weight excluding hydrogens is 330 g/mol. The third-order valence-corrected chi connectivity index (χ3v) is 5.15. The lowest BCUT2D eigenvalue weighted by Gasteiger charge is -2.29. The molecule has 2 aromatic rings. The van der Waals surface area contributed by atoms with Crippen LogP contribution in [-0.2, 0) is 9.53 Å². The summed E-state index contributed by atoms with van der Waals surface area (Å²) in [6, 6.07) is 7.69. The number of aryl methyl sites for hydroxylation is 1. The molecule has 1 saturated carbocycles. The number of carbonyl (C=O) groups is 1. The van der Waals surface area contributed by atoms with Crippen LogP contribution in [0.1, 0.15) is 56.2 Å². The summed E-state index contributed by atoms with van der Waals surface area (Å²) in [5.41, 5.74) is 3.42. The van der Waals surface area contributed by atoms with Gasteiger partial charge in [0.2, 0.25) is 5.95 Å². The molecule has 0 saturated heterocycles. The van der Waals surface area contributed by atoms with E-state index in [1.54, 1.807) is 4.68 Å². The molecule has 136 valence electrons. The number of allylic oxidation sites excluding steroid dienone is 1. The third-order valence-electron chi connectivity index (χ3n) is 5.15. The molecule has 0 amide bonds. The van der Waals surface area contributed by atoms with Crippen molar-refractivity contribution in [2.45, 2.75) is 58.1 Å². The Hall–Kier alpha value is -2.70. The van der Waals surface area contributed by atoms with Crippen LogP contribution in [0.3, 0.4) is 0 Å². The summed E-state index contributed by atoms with van der Waals surface area (Å²) in [5.74, 6) is 0.246. The van der Waals surface area contributed by atoms with E-state index in [0.29, 0.717) is 11.5 Å². The highest BCUT2D eigenvalue weighted by molar-refractivity contribution is 5.92. The molecule has 4 rings (SSSR count). The number of nitrogens with zero attached hydrogens (tertiary/aromatic N) is 4. The van der Waals surface area contributed by atoms with Gasteiger partial charge in [-0.1, -0.05) is 41.3 Å². The lowest BCUT2D eigenvalue weighted by molar-refractivity contribution is -0.146. The number of fused-ring (bicyclic) bond motifs is 1. The number of ether oxygens (including phenoxy) is 1. The molecule has 0 radical (unpaired) electrons. The number of benzene rings is 1. The molecule has 1 N–H and O–H groups in total. The highest BCUT2D eigenvalue weighted by Crippen LogP contribution is 2.35. The highest BCUT2D eigenvalue weighted by Gasteiger charge is 2.35. The smallest absolute Gasteiger partial charge is 0.338 e. The van der Waals surface area contributed by atoms with Crippen LogP contribution in [-0.4, -0.2) is 32.3 Å². The van der Waals surface area contributed by atoms with Gasteiger partial charge >= 0.3 is 5.97 Å². The van der Waals surface area contributed by atoms with Crippen LogP contribution in [0, 0.1) is 6.92 Å². The molecule has 1 aromatic heterocycles. The Labute approximate surface area is 152 Å². The van der Waals surface area contributed by atoms with E-state index >= 15 is 0 Å². The molecule has 2 aliphatic rings. The van der Waals surface area contributed by atoms with Crippen LogP contribution in [0.15, 0.2) is 35.5 Å². The lowest BCUT2D eigenvalue weighted by Crippen LogP contribution is -2.32. The van der Waals surface area contributed by atoms with E-state index < -0.39 is 6.04 Å². The Morgan fingerprint density at radius 2 is 1.88 bits per heavy atom. The van der Waals surface area contributed by atoms with Crippen LogP contribution >= 0.6 is 0 Å². The Morgan fingerprint density at radius 3 is 2.62 bits per heavy atom. The number of hydrogen-bond acceptors (Lipinski definition) is 6. The van der Waals surface area contributed by atoms with Gasteiger partial charge in [0.05, 0.1) is 5.57 Å². The van der Waals surface area contributed by atoms with Crippen molar-refractivity contribution < 1.29 is 9.53 Å². The quantitative estimate of drug-likeness (QED) is 0.854. The predicted molar refractivity (Wildman–Crippen MR) is 96.4 cm³/mol. The van der Waals surface area contributed by atoms with Gasteiger partial charge < -0.3 is 10.1 Å². The Morgan fingerprint density at radius 1 is 1.15 bits per heavy atom. The SMILES string of the molecule is CC1=C(C(=O)OC2CCCCC2)[C@H](c2ccc(C)cc2)n2nnnc2N1. The minimum atomic E-state index is -0.391. The van der Waals surface area contributed by atoms with Crippen LogP contribution < -0.4 is 5.32 Å². The molecule has 7 heteroatoms. The van der Waals surface area contributed by atoms with Crippen molar-refractivity contribution in [3.8, 4) is 0 Å². The first kappa shape index (κ1) is 16.8. The van der Waals surface area contributed by atoms with Crippen molar-refractivity contribution in [3.05, 3.63) is 46.7 Å². The largest absolute Gasteiger partial charge is 0.459 e. The van der Waals surface area contributed by atoms with Gasteiger partial charge in [0.1, 0.15) is 12.1 Å². The second-order valence-corrected chi connectivity index (χ2v) is 7.09. The molecule has 0 spiro atoms. The summed E-state index contributed by atoms with van der Waals surface area (Å²) < 4.78 is 7.50. The first-order chi connectivity index (χ1) is 12.6. The number of hydrogen-bond donors (Lipinski definition) is 1. The van der Waals surface area contributed by atoms with E-state index in [0.717, 1.165) is 42.5 Å². The van der Waals surface area contributed by atoms with Crippen molar-refractivity contribution in [3.63, 3.8) is 0 Å². The fourth-order valence-corrected chi connectivity index (χ4v) is 3.73. The molecule has 7 nitrogen and oxygen atoms in total. The van der Waals surface area contributed by atoms with Crippen molar-refractivity contribution in [1.29, 1.82) is 0 Å². The Kier molecular flexibility index (Phi) is 4.44. The average molecular weight is 353 g/mol. The first-order valence-electron chi connectivity index (χ1n) is 9.16. The van der Waals surface area contributed by atoms with Crippen molar-refractivity contribution in [2.24, 2.45) is 0 Å². The van der Waals surface area contributed by atoms with E-state index in [-0.39, 0.29) is 12.1 Å². The van der Waals surface area contributed by atoms with Gasteiger partial charge in [-0.3, -0.25) is 0 Å². The molecule has 1 atom stereocenters. The van der Waals surface area contributed by atoms with Gasteiger partial charge in [-0.2, -0.15) is 4.68 Å². The molecule has 1 fully saturated rings. The summed E-state index contributed by atoms with van der Waals surface area (Å²) >= 11 is 0. The molecule has 1 aliphatic carbocycles. The molecule has 1 aliphatic heterocycles. The normalized spacial score (nSPS) is 20.5. The standard InChI is InChI=1S/C19H23N5O2/c1-12-8-10-14(11-9-12)17-16(13(2)20-19-21-22-23-24(17)19)18(25)26-15-6-4-3-5-7-15/h8-11,15,17H,3-7H2,1-2H3,(H,20,21,23)/t17-/m0/s1. The van der Waals surface area contributed by atoms with E-state index in [4.69, 9.17) is 4.74 Å². The zero-order valence-corrected chi connectivity index (χ0v) is 15.1. The van der Waals surface area contributed by atoms with Crippen LogP contribution in [0.4, 0.5) is 5.95 Å². The first-order valence-corrected chi connectivity index (χ1v) is 9.16. The third kappa shape index (κ3) is 3.09. The average Bonchev–Trinajstić information content (AvgIpc) is 3.10. The van der Waals surface area contributed by atoms with Crippen molar-refractivity contribution in [1.82, 2.24) is 20.2 Å². The number of aromatic nitrogens is 4. The van der Waals surface area contributed by atoms with Gasteiger partial charge in [0.15, 0.2) is 0 Å². The fourth-order valence-electron chi connectivity index (χ4n) is 3.73. The maximum Gasteiger partial charge on any atom is 0.338 e. The molecule has 0 unspecified atom stereocenters. The van der Waals surface area contributed by atoms with Gasteiger partial charge in [-0.05, 0) is 55.5 Å². The van der Waals surface area contributed by atoms with E-state index in [1.807, 2.05) is 38.1 Å². The predicted octanol–water partition coefficient (Wildman–Crippen LogP) is 3.15. The monoisotopic (exact) mass is 353 g/mol. The van der Waals surface area contributed by atoms with E-state index in [2.05, 4.69) is 20.8 Å². The van der Waals surface area contributed by atoms with Crippen LogP contribution in [0.5, 0.6) is 0 Å². The summed E-state index contributed by atoms with van der Waals surface area (Å²) in [6.07, 6.45) is 5.34. The van der Waals surface area contributed by atoms with Gasteiger partial charge in [0, 0.05) is 5.70 Å². The zero-order valence-electron chi connectivity index (χ0n) is 15.1. The summed E-state index contributed by atoms with van der Waals surface area (Å²) in [5, 5.41) is 15.0. The van der Waals surface area contributed by atoms with Crippen LogP contribution in [0.25, 0.3) is 0 Å². The van der Waals surface area contributed by atoms with Gasteiger partial charge in [0.25, 0.3) is 0 Å². The number of nitrogens with one attached hydrogen (secondary N) is 1. The minimum absolute atomic E-state index is 0.00508. The van der Waals surface area contributed by atoms with E-state index in [9.17, 15) is 4.79 Å². The number of rotatable bonds is 3. The van der Waals surface area contributed by atoms with E-state index in [1.165, 1.54) is 6.42 Å². The van der Waals surface area contributed by atoms with Crippen molar-refractivity contribution >= 4 is 11.9 Å². The summed E-state index contributed by atoms with van der Waals surface area (Å²) in [4.78, 5) is 13.1. The number of carbonyl (C=O) groups excluding carboxylic acids is 1. The van der Waals surface area contributed by atoms with Gasteiger partial charge in [-0.15, -0.1) is 0 Å². The van der Waals surface area contributed by atoms with Crippen molar-refractivity contribution in [2.75, 3.05) is 5.32 Å². The molecule has 1 aromatic carbocycles. The molecule has 26 heavy (non-hydrogen) atoms. The highest BCUT2D eigenvalue weighted by atomic mass is 16.5. The minimum Gasteiger partial charge on any atom is -0.459 e. The summed E-state index contributed by atoms with van der Waals surface area (Å²) in [6.45, 7) is 3.91. The fraction of sp³-hybridized carbons (Fsp3) is 0.474. The van der Waals surface area contributed by atoms with Crippen LogP contribution in [0.2, 0.25) is 0 Å². The topological polar surface area (TPSA) is 81.9 Å². The molecular formula is C19H23N5O2. The zero-order chi connectivity index (χ0) is 18.1. The Balaban J connectivity index is 1.69. The maximum atomic E-state index is 13.1. The number of tetrazole rings is 1. The number of esters is 1. The lowest BCUT2D eigenvalue weighted by atomic mass is 9.94.